The van der Waals surface area contributed by atoms with E-state index in [1.54, 1.807) is 12.5 Å². The van der Waals surface area contributed by atoms with E-state index in [0.717, 1.165) is 30.5 Å². The van der Waals surface area contributed by atoms with Crippen molar-refractivity contribution >= 4 is 12.0 Å². The summed E-state index contributed by atoms with van der Waals surface area (Å²) < 4.78 is 6.82. The summed E-state index contributed by atoms with van der Waals surface area (Å²) in [7, 11) is 1.34. The number of rotatable bonds is 5. The van der Waals surface area contributed by atoms with Gasteiger partial charge in [0.05, 0.1) is 13.4 Å². The summed E-state index contributed by atoms with van der Waals surface area (Å²) in [5.74, 6) is -0.178. The molecule has 0 saturated carbocycles. The topological polar surface area (TPSA) is 76.5 Å². The molecule has 1 N–H and O–H groups in total. The van der Waals surface area contributed by atoms with Gasteiger partial charge in [0.15, 0.2) is 0 Å². The molecule has 1 aromatic carbocycles. The Morgan fingerprint density at radius 1 is 1.36 bits per heavy atom. The zero-order valence-electron chi connectivity index (χ0n) is 14.2. The molecule has 7 nitrogen and oxygen atoms in total. The molecular formula is C18H22N4O3. The van der Waals surface area contributed by atoms with Crippen LogP contribution in [0.5, 0.6) is 0 Å². The Hall–Kier alpha value is -2.83. The minimum Gasteiger partial charge on any atom is -0.453 e. The minimum absolute atomic E-state index is 0.178. The van der Waals surface area contributed by atoms with Crippen molar-refractivity contribution in [3.05, 3.63) is 54.1 Å². The number of amides is 2. The molecule has 2 heterocycles. The highest BCUT2D eigenvalue weighted by atomic mass is 16.5. The predicted octanol–water partition coefficient (Wildman–Crippen LogP) is 1.76. The Kier molecular flexibility index (Phi) is 5.33. The molecule has 1 atom stereocenters. The standard InChI is InChI=1S/C18H22N4O3/c1-25-18(24)22-11-7-14-5-2-3-6-15(14)16(22)17(23)20-8-4-10-21-12-9-19-13-21/h2-3,5-6,9,12-13,16H,4,7-8,10-11H2,1H3,(H,20,23). The number of carbonyl (C=O) groups is 2. The van der Waals surface area contributed by atoms with E-state index in [9.17, 15) is 9.59 Å². The molecule has 1 aromatic heterocycles. The van der Waals surface area contributed by atoms with Crippen LogP contribution < -0.4 is 5.32 Å². The molecule has 7 heteroatoms. The Morgan fingerprint density at radius 2 is 2.20 bits per heavy atom. The number of carbonyl (C=O) groups excluding carboxylic acids is 2. The molecule has 0 radical (unpaired) electrons. The Labute approximate surface area is 146 Å². The van der Waals surface area contributed by atoms with E-state index >= 15 is 0 Å². The summed E-state index contributed by atoms with van der Waals surface area (Å²) in [4.78, 5) is 30.3. The number of nitrogens with one attached hydrogen (secondary N) is 1. The lowest BCUT2D eigenvalue weighted by molar-refractivity contribution is -0.126. The van der Waals surface area contributed by atoms with Gasteiger partial charge in [0.25, 0.3) is 0 Å². The Bertz CT molecular complexity index is 730. The second-order valence-corrected chi connectivity index (χ2v) is 5.96. The zero-order valence-corrected chi connectivity index (χ0v) is 14.2. The normalized spacial score (nSPS) is 16.2. The molecule has 0 aliphatic carbocycles. The summed E-state index contributed by atoms with van der Waals surface area (Å²) in [6, 6.07) is 7.10. The number of imidazole rings is 1. The molecule has 2 aromatic rings. The average Bonchev–Trinajstić information content (AvgIpc) is 3.17. The highest BCUT2D eigenvalue weighted by molar-refractivity contribution is 5.87. The van der Waals surface area contributed by atoms with Gasteiger partial charge in [-0.3, -0.25) is 9.69 Å². The number of aryl methyl sites for hydroxylation is 1. The van der Waals surface area contributed by atoms with Crippen LogP contribution in [0.25, 0.3) is 0 Å². The van der Waals surface area contributed by atoms with Crippen LogP contribution in [0.15, 0.2) is 43.0 Å². The molecular weight excluding hydrogens is 320 g/mol. The SMILES string of the molecule is COC(=O)N1CCc2ccccc2C1C(=O)NCCCn1ccnc1. The lowest BCUT2D eigenvalue weighted by Gasteiger charge is -2.35. The van der Waals surface area contributed by atoms with Crippen molar-refractivity contribution in [3.8, 4) is 0 Å². The molecule has 0 fully saturated rings. The molecule has 1 aliphatic rings. The maximum absolute atomic E-state index is 12.8. The molecule has 2 amide bonds. The van der Waals surface area contributed by atoms with Crippen LogP contribution in [0.1, 0.15) is 23.6 Å². The van der Waals surface area contributed by atoms with E-state index in [0.29, 0.717) is 13.1 Å². The molecule has 25 heavy (non-hydrogen) atoms. The van der Waals surface area contributed by atoms with Crippen LogP contribution in [0, 0.1) is 0 Å². The van der Waals surface area contributed by atoms with Crippen LogP contribution in [0.3, 0.4) is 0 Å². The van der Waals surface area contributed by atoms with Crippen LogP contribution >= 0.6 is 0 Å². The van der Waals surface area contributed by atoms with E-state index in [2.05, 4.69) is 10.3 Å². The Balaban J connectivity index is 1.67. The first-order valence-corrected chi connectivity index (χ1v) is 8.36. The van der Waals surface area contributed by atoms with Crippen molar-refractivity contribution in [2.75, 3.05) is 20.2 Å². The van der Waals surface area contributed by atoms with Crippen molar-refractivity contribution in [3.63, 3.8) is 0 Å². The van der Waals surface area contributed by atoms with E-state index in [1.165, 1.54) is 12.0 Å². The summed E-state index contributed by atoms with van der Waals surface area (Å²) in [5.41, 5.74) is 1.97. The first-order chi connectivity index (χ1) is 12.2. The van der Waals surface area contributed by atoms with Crippen molar-refractivity contribution < 1.29 is 14.3 Å². The van der Waals surface area contributed by atoms with Gasteiger partial charge < -0.3 is 14.6 Å². The predicted molar refractivity (Wildman–Crippen MR) is 91.9 cm³/mol. The first-order valence-electron chi connectivity index (χ1n) is 8.36. The van der Waals surface area contributed by atoms with Gasteiger partial charge >= 0.3 is 6.09 Å². The molecule has 0 bridgehead atoms. The maximum atomic E-state index is 12.8. The fourth-order valence-corrected chi connectivity index (χ4v) is 3.15. The van der Waals surface area contributed by atoms with E-state index in [-0.39, 0.29) is 5.91 Å². The van der Waals surface area contributed by atoms with Gasteiger partial charge in [-0.2, -0.15) is 0 Å². The smallest absolute Gasteiger partial charge is 0.410 e. The van der Waals surface area contributed by atoms with Gasteiger partial charge in [-0.15, -0.1) is 0 Å². The number of ether oxygens (including phenoxy) is 1. The van der Waals surface area contributed by atoms with E-state index in [1.807, 2.05) is 35.0 Å². The number of hydrogen-bond acceptors (Lipinski definition) is 4. The van der Waals surface area contributed by atoms with Gasteiger partial charge in [0, 0.05) is 32.0 Å². The zero-order chi connectivity index (χ0) is 17.6. The van der Waals surface area contributed by atoms with Crippen molar-refractivity contribution in [1.82, 2.24) is 19.8 Å². The van der Waals surface area contributed by atoms with Crippen LogP contribution in [-0.4, -0.2) is 46.7 Å². The van der Waals surface area contributed by atoms with Crippen molar-refractivity contribution in [2.24, 2.45) is 0 Å². The highest BCUT2D eigenvalue weighted by Crippen LogP contribution is 2.30. The second kappa shape index (κ2) is 7.83. The van der Waals surface area contributed by atoms with Crippen LogP contribution in [0.2, 0.25) is 0 Å². The van der Waals surface area contributed by atoms with E-state index < -0.39 is 12.1 Å². The van der Waals surface area contributed by atoms with Gasteiger partial charge in [-0.05, 0) is 24.0 Å². The number of methoxy groups -OCH3 is 1. The number of benzene rings is 1. The van der Waals surface area contributed by atoms with Crippen LogP contribution in [0.4, 0.5) is 4.79 Å². The lowest BCUT2D eigenvalue weighted by Crippen LogP contribution is -2.47. The molecule has 132 valence electrons. The highest BCUT2D eigenvalue weighted by Gasteiger charge is 2.36. The Morgan fingerprint density at radius 3 is 2.96 bits per heavy atom. The largest absolute Gasteiger partial charge is 0.453 e. The number of nitrogens with zero attached hydrogens (tertiary/aromatic N) is 3. The molecule has 0 spiro atoms. The van der Waals surface area contributed by atoms with Gasteiger partial charge in [-0.1, -0.05) is 24.3 Å². The second-order valence-electron chi connectivity index (χ2n) is 5.96. The first kappa shape index (κ1) is 17.0. The third kappa shape index (κ3) is 3.81. The third-order valence-corrected chi connectivity index (χ3v) is 4.39. The number of fused-ring (bicyclic) bond motifs is 1. The molecule has 1 unspecified atom stereocenters. The summed E-state index contributed by atoms with van der Waals surface area (Å²) in [5, 5.41) is 2.94. The number of aromatic nitrogens is 2. The van der Waals surface area contributed by atoms with E-state index in [4.69, 9.17) is 4.74 Å². The van der Waals surface area contributed by atoms with Gasteiger partial charge in [0.1, 0.15) is 6.04 Å². The van der Waals surface area contributed by atoms with Gasteiger partial charge in [-0.25, -0.2) is 9.78 Å². The third-order valence-electron chi connectivity index (χ3n) is 4.39. The fraction of sp³-hybridized carbons (Fsp3) is 0.389. The molecule has 1 aliphatic heterocycles. The van der Waals surface area contributed by atoms with Crippen LogP contribution in [-0.2, 0) is 22.5 Å². The maximum Gasteiger partial charge on any atom is 0.410 e. The van der Waals surface area contributed by atoms with Gasteiger partial charge in [0.2, 0.25) is 5.91 Å². The lowest BCUT2D eigenvalue weighted by atomic mass is 9.92. The fourth-order valence-electron chi connectivity index (χ4n) is 3.15. The average molecular weight is 342 g/mol. The monoisotopic (exact) mass is 342 g/mol. The summed E-state index contributed by atoms with van der Waals surface area (Å²) in [6.45, 7) is 1.78. The molecule has 3 rings (SSSR count). The molecule has 0 saturated heterocycles. The summed E-state index contributed by atoms with van der Waals surface area (Å²) >= 11 is 0. The van der Waals surface area contributed by atoms with Crippen molar-refractivity contribution in [2.45, 2.75) is 25.4 Å². The minimum atomic E-state index is -0.648. The summed E-state index contributed by atoms with van der Waals surface area (Å²) in [6.07, 6.45) is 6.39. The van der Waals surface area contributed by atoms with Crippen molar-refractivity contribution in [1.29, 1.82) is 0 Å². The quantitative estimate of drug-likeness (QED) is 0.840. The number of hydrogen-bond donors (Lipinski definition) is 1.